The van der Waals surface area contributed by atoms with Crippen molar-refractivity contribution in [3.8, 4) is 0 Å². The van der Waals surface area contributed by atoms with Crippen molar-refractivity contribution in [3.05, 3.63) is 44.3 Å². The SMILES string of the molecule is Cc1csc(N2CCCN(C(=O)c3cc4c([nH]c3=O)CC(C)(C)CC4=O)CC2)n1. The molecule has 0 saturated carbocycles. The molecule has 1 fully saturated rings. The largest absolute Gasteiger partial charge is 0.346 e. The van der Waals surface area contributed by atoms with Crippen LogP contribution < -0.4 is 10.5 Å². The van der Waals surface area contributed by atoms with Gasteiger partial charge in [0.2, 0.25) is 0 Å². The predicted octanol–water partition coefficient (Wildman–Crippen LogP) is 2.65. The molecule has 8 heteroatoms. The van der Waals surface area contributed by atoms with E-state index in [1.807, 2.05) is 26.2 Å². The minimum absolute atomic E-state index is 0.0114. The Morgan fingerprint density at radius 1 is 1.17 bits per heavy atom. The number of aromatic nitrogens is 2. The van der Waals surface area contributed by atoms with Crippen molar-refractivity contribution in [1.82, 2.24) is 14.9 Å². The average Bonchev–Trinajstić information content (AvgIpc) is 2.92. The number of Topliss-reactive ketones (excluding diaryl/α,β-unsaturated/α-hetero) is 1. The molecule has 7 nitrogen and oxygen atoms in total. The van der Waals surface area contributed by atoms with E-state index >= 15 is 0 Å². The maximum absolute atomic E-state index is 13.1. The van der Waals surface area contributed by atoms with Gasteiger partial charge in [-0.15, -0.1) is 11.3 Å². The molecule has 0 radical (unpaired) electrons. The van der Waals surface area contributed by atoms with Crippen LogP contribution in [-0.4, -0.2) is 52.7 Å². The lowest BCUT2D eigenvalue weighted by atomic mass is 9.75. The van der Waals surface area contributed by atoms with Crippen molar-refractivity contribution >= 4 is 28.2 Å². The molecule has 0 unspecified atom stereocenters. The minimum Gasteiger partial charge on any atom is -0.346 e. The van der Waals surface area contributed by atoms with Crippen LogP contribution in [0.25, 0.3) is 0 Å². The zero-order valence-corrected chi connectivity index (χ0v) is 17.9. The highest BCUT2D eigenvalue weighted by atomic mass is 32.1. The maximum atomic E-state index is 13.1. The number of H-pyrrole nitrogens is 1. The number of carbonyl (C=O) groups is 2. The van der Waals surface area contributed by atoms with Gasteiger partial charge in [0.1, 0.15) is 5.56 Å². The number of aromatic amines is 1. The van der Waals surface area contributed by atoms with Gasteiger partial charge in [0, 0.05) is 49.2 Å². The van der Waals surface area contributed by atoms with E-state index in [1.165, 1.54) is 6.07 Å². The second-order valence-corrected chi connectivity index (χ2v) is 9.59. The number of amides is 1. The highest BCUT2D eigenvalue weighted by molar-refractivity contribution is 7.13. The molecule has 29 heavy (non-hydrogen) atoms. The number of anilines is 1. The molecule has 0 bridgehead atoms. The first-order valence-electron chi connectivity index (χ1n) is 9.99. The summed E-state index contributed by atoms with van der Waals surface area (Å²) in [5.41, 5.74) is 1.61. The van der Waals surface area contributed by atoms with Crippen LogP contribution in [0.15, 0.2) is 16.2 Å². The van der Waals surface area contributed by atoms with E-state index in [2.05, 4.69) is 14.9 Å². The topological polar surface area (TPSA) is 86.4 Å². The van der Waals surface area contributed by atoms with E-state index in [4.69, 9.17) is 0 Å². The van der Waals surface area contributed by atoms with Crippen LogP contribution in [0.4, 0.5) is 5.13 Å². The fraction of sp³-hybridized carbons (Fsp3) is 0.524. The molecule has 1 N–H and O–H groups in total. The maximum Gasteiger partial charge on any atom is 0.261 e. The number of thiazole rings is 1. The van der Waals surface area contributed by atoms with Crippen LogP contribution in [0.2, 0.25) is 0 Å². The van der Waals surface area contributed by atoms with Gasteiger partial charge in [0.15, 0.2) is 10.9 Å². The van der Waals surface area contributed by atoms with Gasteiger partial charge in [0.05, 0.1) is 5.69 Å². The van der Waals surface area contributed by atoms with Crippen LogP contribution in [-0.2, 0) is 6.42 Å². The molecule has 1 amide bonds. The number of hydrogen-bond donors (Lipinski definition) is 1. The van der Waals surface area contributed by atoms with Gasteiger partial charge in [-0.1, -0.05) is 13.8 Å². The molecule has 0 aromatic carbocycles. The first-order chi connectivity index (χ1) is 13.7. The third-order valence-electron chi connectivity index (χ3n) is 5.61. The molecular formula is C21H26N4O3S. The lowest BCUT2D eigenvalue weighted by Crippen LogP contribution is -2.39. The summed E-state index contributed by atoms with van der Waals surface area (Å²) in [5, 5.41) is 2.99. The smallest absolute Gasteiger partial charge is 0.261 e. The van der Waals surface area contributed by atoms with Crippen molar-refractivity contribution in [2.24, 2.45) is 5.41 Å². The number of fused-ring (bicyclic) bond motifs is 1. The number of carbonyl (C=O) groups excluding carboxylic acids is 2. The lowest BCUT2D eigenvalue weighted by molar-refractivity contribution is 0.0765. The molecular weight excluding hydrogens is 388 g/mol. The van der Waals surface area contributed by atoms with Crippen LogP contribution in [0.1, 0.15) is 58.8 Å². The first kappa shape index (κ1) is 19.8. The van der Waals surface area contributed by atoms with Gasteiger partial charge >= 0.3 is 0 Å². The third kappa shape index (κ3) is 3.99. The van der Waals surface area contributed by atoms with Gasteiger partial charge in [-0.05, 0) is 31.2 Å². The van der Waals surface area contributed by atoms with E-state index in [0.29, 0.717) is 43.7 Å². The van der Waals surface area contributed by atoms with Crippen molar-refractivity contribution in [1.29, 1.82) is 0 Å². The van der Waals surface area contributed by atoms with Crippen molar-refractivity contribution in [3.63, 3.8) is 0 Å². The molecule has 2 aromatic rings. The van der Waals surface area contributed by atoms with Crippen molar-refractivity contribution in [2.45, 2.75) is 40.0 Å². The van der Waals surface area contributed by atoms with Gasteiger partial charge in [-0.25, -0.2) is 4.98 Å². The summed E-state index contributed by atoms with van der Waals surface area (Å²) < 4.78 is 0. The van der Waals surface area contributed by atoms with E-state index in [1.54, 1.807) is 16.2 Å². The lowest BCUT2D eigenvalue weighted by Gasteiger charge is -2.30. The minimum atomic E-state index is -0.407. The van der Waals surface area contributed by atoms with Crippen LogP contribution >= 0.6 is 11.3 Å². The molecule has 0 atom stereocenters. The Morgan fingerprint density at radius 2 is 1.97 bits per heavy atom. The summed E-state index contributed by atoms with van der Waals surface area (Å²) in [6.07, 6.45) is 1.86. The van der Waals surface area contributed by atoms with Crippen LogP contribution in [0.5, 0.6) is 0 Å². The Morgan fingerprint density at radius 3 is 2.69 bits per heavy atom. The van der Waals surface area contributed by atoms with Crippen LogP contribution in [0, 0.1) is 12.3 Å². The molecule has 1 aliphatic heterocycles. The molecule has 3 heterocycles. The second kappa shape index (κ2) is 7.40. The second-order valence-electron chi connectivity index (χ2n) is 8.75. The zero-order valence-electron chi connectivity index (χ0n) is 17.1. The molecule has 154 valence electrons. The number of nitrogens with zero attached hydrogens (tertiary/aromatic N) is 3. The number of ketones is 1. The van der Waals surface area contributed by atoms with Gasteiger partial charge < -0.3 is 14.8 Å². The number of hydrogen-bond acceptors (Lipinski definition) is 6. The molecule has 1 aliphatic carbocycles. The summed E-state index contributed by atoms with van der Waals surface area (Å²) in [5.74, 6) is -0.313. The molecule has 4 rings (SSSR count). The summed E-state index contributed by atoms with van der Waals surface area (Å²) >= 11 is 1.61. The molecule has 1 saturated heterocycles. The number of aryl methyl sites for hydroxylation is 1. The summed E-state index contributed by atoms with van der Waals surface area (Å²) in [4.78, 5) is 49.6. The van der Waals surface area contributed by atoms with Gasteiger partial charge in [0.25, 0.3) is 11.5 Å². The number of nitrogens with one attached hydrogen (secondary N) is 1. The van der Waals surface area contributed by atoms with Crippen LogP contribution in [0.3, 0.4) is 0 Å². The highest BCUT2D eigenvalue weighted by Gasteiger charge is 2.33. The first-order valence-corrected chi connectivity index (χ1v) is 10.9. The van der Waals surface area contributed by atoms with Gasteiger partial charge in [-0.3, -0.25) is 14.4 Å². The Bertz CT molecular complexity index is 1020. The fourth-order valence-electron chi connectivity index (χ4n) is 4.16. The molecule has 2 aliphatic rings. The number of rotatable bonds is 2. The van der Waals surface area contributed by atoms with E-state index in [9.17, 15) is 14.4 Å². The standard InChI is InChI=1S/C21H26N4O3S/c1-13-12-29-20(22-13)25-6-4-5-24(7-8-25)19(28)15-9-14-16(23-18(15)27)10-21(2,3)11-17(14)26/h9,12H,4-8,10-11H2,1-3H3,(H,23,27). The summed E-state index contributed by atoms with van der Waals surface area (Å²) in [7, 11) is 0. The average molecular weight is 415 g/mol. The van der Waals surface area contributed by atoms with Crippen molar-refractivity contribution < 1.29 is 9.59 Å². The van der Waals surface area contributed by atoms with E-state index in [0.717, 1.165) is 23.8 Å². The Labute approximate surface area is 173 Å². The van der Waals surface area contributed by atoms with E-state index in [-0.39, 0.29) is 22.7 Å². The summed E-state index contributed by atoms with van der Waals surface area (Å²) in [6, 6.07) is 1.51. The number of pyridine rings is 1. The zero-order chi connectivity index (χ0) is 20.8. The quantitative estimate of drug-likeness (QED) is 0.816. The monoisotopic (exact) mass is 414 g/mol. The predicted molar refractivity (Wildman–Crippen MR) is 113 cm³/mol. The Balaban J connectivity index is 1.55. The summed E-state index contributed by atoms with van der Waals surface area (Å²) in [6.45, 7) is 8.60. The third-order valence-corrected chi connectivity index (χ3v) is 6.63. The Hall–Kier alpha value is -2.48. The Kier molecular flexibility index (Phi) is 5.06. The highest BCUT2D eigenvalue weighted by Crippen LogP contribution is 2.33. The van der Waals surface area contributed by atoms with E-state index < -0.39 is 5.56 Å². The van der Waals surface area contributed by atoms with Crippen molar-refractivity contribution in [2.75, 3.05) is 31.1 Å². The van der Waals surface area contributed by atoms with Gasteiger partial charge in [-0.2, -0.15) is 0 Å². The normalized spacial score (nSPS) is 19.1. The molecule has 2 aromatic heterocycles. The molecule has 0 spiro atoms. The fourth-order valence-corrected chi connectivity index (χ4v) is 5.01.